The number of amides is 1. The third-order valence-electron chi connectivity index (χ3n) is 4.10. The number of nitrogens with one attached hydrogen (secondary N) is 1. The number of rotatable bonds is 8. The normalized spacial score (nSPS) is 11.6. The van der Waals surface area contributed by atoms with Crippen LogP contribution in [0, 0.1) is 13.8 Å². The Morgan fingerprint density at radius 1 is 1.21 bits per heavy atom. The second kappa shape index (κ2) is 9.73. The Bertz CT molecular complexity index is 920. The predicted octanol–water partition coefficient (Wildman–Crippen LogP) is 4.11. The van der Waals surface area contributed by atoms with E-state index in [9.17, 15) is 13.2 Å². The predicted molar refractivity (Wildman–Crippen MR) is 115 cm³/mol. The number of carbonyl (C=O) groups excluding carboxylic acids is 1. The summed E-state index contributed by atoms with van der Waals surface area (Å²) in [5.74, 6) is -0.0702. The monoisotopic (exact) mass is 441 g/mol. The molecular weight excluding hydrogens is 418 g/mol. The van der Waals surface area contributed by atoms with E-state index in [1.165, 1.54) is 28.3 Å². The van der Waals surface area contributed by atoms with Gasteiger partial charge in [0.25, 0.3) is 0 Å². The summed E-state index contributed by atoms with van der Waals surface area (Å²) < 4.78 is 26.3. The fraction of sp³-hybridized carbons (Fsp3) is 0.368. The van der Waals surface area contributed by atoms with Gasteiger partial charge in [0.2, 0.25) is 15.9 Å². The average Bonchev–Trinajstić information content (AvgIpc) is 2.64. The molecule has 0 aliphatic rings. The van der Waals surface area contributed by atoms with Crippen molar-refractivity contribution in [3.05, 3.63) is 46.6 Å². The topological polar surface area (TPSA) is 79.4 Å². The molecule has 6 nitrogen and oxygen atoms in total. The first kappa shape index (κ1) is 22.7. The molecule has 0 aliphatic heterocycles. The number of aromatic nitrogens is 1. The summed E-state index contributed by atoms with van der Waals surface area (Å²) in [5, 5.41) is 3.89. The molecule has 2 rings (SSSR count). The highest BCUT2D eigenvalue weighted by molar-refractivity contribution is 7.99. The standard InChI is InChI=1S/C19H24ClN3O3S2/c1-5-23(6-2)28(25,26)15-7-8-18(21-11-15)27-12-17(24)22-19-14(4)9-13(3)10-16(19)20/h7-11H,5-6,12H2,1-4H3,(H,22,24). The van der Waals surface area contributed by atoms with Crippen LogP contribution < -0.4 is 5.32 Å². The zero-order chi connectivity index (χ0) is 20.9. The molecule has 1 aromatic carbocycles. The summed E-state index contributed by atoms with van der Waals surface area (Å²) in [5.41, 5.74) is 2.53. The van der Waals surface area contributed by atoms with Gasteiger partial charge in [0.05, 0.1) is 21.5 Å². The van der Waals surface area contributed by atoms with Crippen molar-refractivity contribution in [2.75, 3.05) is 24.2 Å². The molecule has 9 heteroatoms. The maximum atomic E-state index is 12.5. The lowest BCUT2D eigenvalue weighted by Gasteiger charge is -2.18. The lowest BCUT2D eigenvalue weighted by Crippen LogP contribution is -2.30. The molecule has 0 aliphatic carbocycles. The van der Waals surface area contributed by atoms with E-state index >= 15 is 0 Å². The van der Waals surface area contributed by atoms with Gasteiger partial charge in [-0.2, -0.15) is 4.31 Å². The molecule has 0 unspecified atom stereocenters. The number of benzene rings is 1. The maximum absolute atomic E-state index is 12.5. The van der Waals surface area contributed by atoms with Gasteiger partial charge < -0.3 is 5.32 Å². The van der Waals surface area contributed by atoms with E-state index in [4.69, 9.17) is 11.6 Å². The van der Waals surface area contributed by atoms with Crippen molar-refractivity contribution < 1.29 is 13.2 Å². The lowest BCUT2D eigenvalue weighted by atomic mass is 10.1. The molecule has 0 saturated heterocycles. The van der Waals surface area contributed by atoms with Gasteiger partial charge in [-0.05, 0) is 43.2 Å². The average molecular weight is 442 g/mol. The number of nitrogens with zero attached hydrogens (tertiary/aromatic N) is 2. The molecule has 0 spiro atoms. The zero-order valence-corrected chi connectivity index (χ0v) is 18.7. The number of hydrogen-bond acceptors (Lipinski definition) is 5. The van der Waals surface area contributed by atoms with Crippen LogP contribution in [0.25, 0.3) is 0 Å². The Labute approximate surface area is 175 Å². The number of sulfonamides is 1. The number of anilines is 1. The van der Waals surface area contributed by atoms with Crippen molar-refractivity contribution in [3.63, 3.8) is 0 Å². The van der Waals surface area contributed by atoms with Crippen LogP contribution in [0.3, 0.4) is 0 Å². The Morgan fingerprint density at radius 2 is 1.89 bits per heavy atom. The summed E-state index contributed by atoms with van der Waals surface area (Å²) in [6.45, 7) is 8.21. The fourth-order valence-corrected chi connectivity index (χ4v) is 5.12. The minimum absolute atomic E-state index is 0.138. The van der Waals surface area contributed by atoms with E-state index in [2.05, 4.69) is 10.3 Å². The summed E-state index contributed by atoms with van der Waals surface area (Å²) in [6, 6.07) is 6.87. The van der Waals surface area contributed by atoms with E-state index in [0.717, 1.165) is 11.1 Å². The van der Waals surface area contributed by atoms with E-state index in [-0.39, 0.29) is 16.6 Å². The van der Waals surface area contributed by atoms with Crippen LogP contribution in [0.15, 0.2) is 40.4 Å². The molecule has 0 bridgehead atoms. The molecular formula is C19H24ClN3O3S2. The largest absolute Gasteiger partial charge is 0.324 e. The van der Waals surface area contributed by atoms with Crippen molar-refractivity contribution in [3.8, 4) is 0 Å². The molecule has 1 aromatic heterocycles. The number of halogens is 1. The molecule has 2 aromatic rings. The van der Waals surface area contributed by atoms with Gasteiger partial charge in [-0.25, -0.2) is 13.4 Å². The van der Waals surface area contributed by atoms with Crippen molar-refractivity contribution in [2.24, 2.45) is 0 Å². The smallest absolute Gasteiger partial charge is 0.244 e. The Morgan fingerprint density at radius 3 is 2.43 bits per heavy atom. The van der Waals surface area contributed by atoms with E-state index in [1.807, 2.05) is 19.9 Å². The summed E-state index contributed by atoms with van der Waals surface area (Å²) >= 11 is 7.44. The van der Waals surface area contributed by atoms with Crippen molar-refractivity contribution in [1.82, 2.24) is 9.29 Å². The highest BCUT2D eigenvalue weighted by atomic mass is 35.5. The number of carbonyl (C=O) groups is 1. The van der Waals surface area contributed by atoms with Crippen LogP contribution >= 0.6 is 23.4 Å². The van der Waals surface area contributed by atoms with Crippen LogP contribution in [0.4, 0.5) is 5.69 Å². The molecule has 0 atom stereocenters. The molecule has 1 N–H and O–H groups in total. The van der Waals surface area contributed by atoms with Crippen LogP contribution in [0.1, 0.15) is 25.0 Å². The van der Waals surface area contributed by atoms with Gasteiger partial charge in [0, 0.05) is 19.3 Å². The van der Waals surface area contributed by atoms with Crippen LogP contribution in [0.5, 0.6) is 0 Å². The molecule has 0 saturated carbocycles. The van der Waals surface area contributed by atoms with E-state index in [0.29, 0.717) is 28.8 Å². The number of pyridine rings is 1. The number of thioether (sulfide) groups is 1. The second-order valence-electron chi connectivity index (χ2n) is 6.20. The SMILES string of the molecule is CCN(CC)S(=O)(=O)c1ccc(SCC(=O)Nc2c(C)cc(C)cc2Cl)nc1. The number of hydrogen-bond donors (Lipinski definition) is 1. The third-order valence-corrected chi connectivity index (χ3v) is 7.38. The quantitative estimate of drug-likeness (QED) is 0.623. The molecule has 28 heavy (non-hydrogen) atoms. The van der Waals surface area contributed by atoms with Crippen molar-refractivity contribution in [2.45, 2.75) is 37.6 Å². The Hall–Kier alpha value is -1.61. The van der Waals surface area contributed by atoms with Gasteiger partial charge in [0.1, 0.15) is 4.90 Å². The highest BCUT2D eigenvalue weighted by Gasteiger charge is 2.21. The zero-order valence-electron chi connectivity index (χ0n) is 16.3. The molecule has 0 radical (unpaired) electrons. The molecule has 1 amide bonds. The third kappa shape index (κ3) is 5.47. The molecule has 0 fully saturated rings. The lowest BCUT2D eigenvalue weighted by molar-refractivity contribution is -0.113. The highest BCUT2D eigenvalue weighted by Crippen LogP contribution is 2.28. The van der Waals surface area contributed by atoms with Crippen LogP contribution in [-0.4, -0.2) is 42.5 Å². The summed E-state index contributed by atoms with van der Waals surface area (Å²) in [4.78, 5) is 16.6. The fourth-order valence-electron chi connectivity index (χ4n) is 2.71. The van der Waals surface area contributed by atoms with Gasteiger partial charge in [-0.1, -0.05) is 43.3 Å². The maximum Gasteiger partial charge on any atom is 0.244 e. The Balaban J connectivity index is 2.01. The molecule has 152 valence electrons. The van der Waals surface area contributed by atoms with E-state index in [1.54, 1.807) is 26.0 Å². The minimum atomic E-state index is -3.54. The summed E-state index contributed by atoms with van der Waals surface area (Å²) in [7, 11) is -3.54. The minimum Gasteiger partial charge on any atom is -0.324 e. The van der Waals surface area contributed by atoms with Crippen molar-refractivity contribution in [1.29, 1.82) is 0 Å². The first-order chi connectivity index (χ1) is 13.2. The van der Waals surface area contributed by atoms with Gasteiger partial charge in [-0.3, -0.25) is 4.79 Å². The van der Waals surface area contributed by atoms with Crippen molar-refractivity contribution >= 4 is 45.0 Å². The first-order valence-corrected chi connectivity index (χ1v) is 11.6. The summed E-state index contributed by atoms with van der Waals surface area (Å²) in [6.07, 6.45) is 1.33. The first-order valence-electron chi connectivity index (χ1n) is 8.84. The van der Waals surface area contributed by atoms with Gasteiger partial charge in [0.15, 0.2) is 0 Å². The van der Waals surface area contributed by atoms with Crippen LogP contribution in [0.2, 0.25) is 5.02 Å². The molecule has 1 heterocycles. The number of aryl methyl sites for hydroxylation is 2. The van der Waals surface area contributed by atoms with Crippen LogP contribution in [-0.2, 0) is 14.8 Å². The van der Waals surface area contributed by atoms with Gasteiger partial charge >= 0.3 is 0 Å². The van der Waals surface area contributed by atoms with Gasteiger partial charge in [-0.15, -0.1) is 0 Å². The second-order valence-corrected chi connectivity index (χ2v) is 9.54. The van der Waals surface area contributed by atoms with E-state index < -0.39 is 10.0 Å². The Kier molecular flexibility index (Phi) is 7.88.